The molecule has 0 spiro atoms. The Bertz CT molecular complexity index is 870. The van der Waals surface area contributed by atoms with Crippen LogP contribution < -0.4 is 5.32 Å². The minimum absolute atomic E-state index is 0.0578. The largest absolute Gasteiger partial charge is 0.458 e. The second-order valence-electron chi connectivity index (χ2n) is 5.33. The van der Waals surface area contributed by atoms with Gasteiger partial charge in [0.1, 0.15) is 17.6 Å². The standard InChI is InChI=1S/C19H16ClNO3S/c20-15-4-2-1-3-13(15)5-8-19(23)21-11-16(22)18-7-6-17(24-18)14-9-10-25-12-14/h1-10,12,16,22H,11H2,(H,21,23)/b8-5+. The summed E-state index contributed by atoms with van der Waals surface area (Å²) in [6, 6.07) is 12.7. The lowest BCUT2D eigenvalue weighted by molar-refractivity contribution is -0.116. The highest BCUT2D eigenvalue weighted by Gasteiger charge is 2.14. The number of hydrogen-bond acceptors (Lipinski definition) is 4. The van der Waals surface area contributed by atoms with Crippen LogP contribution in [0.1, 0.15) is 17.4 Å². The Balaban J connectivity index is 1.54. The molecule has 1 atom stereocenters. The Morgan fingerprint density at radius 3 is 2.88 bits per heavy atom. The van der Waals surface area contributed by atoms with Crippen molar-refractivity contribution in [2.24, 2.45) is 0 Å². The van der Waals surface area contributed by atoms with Crippen molar-refractivity contribution >= 4 is 34.9 Å². The summed E-state index contributed by atoms with van der Waals surface area (Å²) < 4.78 is 5.64. The van der Waals surface area contributed by atoms with E-state index in [0.29, 0.717) is 16.5 Å². The third-order valence-electron chi connectivity index (χ3n) is 3.55. The van der Waals surface area contributed by atoms with Gasteiger partial charge in [0.25, 0.3) is 0 Å². The van der Waals surface area contributed by atoms with E-state index >= 15 is 0 Å². The number of amides is 1. The van der Waals surface area contributed by atoms with Gasteiger partial charge in [0.05, 0.1) is 6.54 Å². The first-order valence-electron chi connectivity index (χ1n) is 7.64. The molecule has 0 fully saturated rings. The second-order valence-corrected chi connectivity index (χ2v) is 6.52. The maximum atomic E-state index is 11.9. The van der Waals surface area contributed by atoms with Gasteiger partial charge in [-0.25, -0.2) is 0 Å². The normalized spacial score (nSPS) is 12.4. The number of carbonyl (C=O) groups excluding carboxylic acids is 1. The van der Waals surface area contributed by atoms with Crippen molar-refractivity contribution < 1.29 is 14.3 Å². The van der Waals surface area contributed by atoms with Gasteiger partial charge in [0.2, 0.25) is 5.91 Å². The van der Waals surface area contributed by atoms with Gasteiger partial charge in [0, 0.05) is 22.0 Å². The van der Waals surface area contributed by atoms with Gasteiger partial charge in [-0.1, -0.05) is 29.8 Å². The molecule has 0 aliphatic heterocycles. The Labute approximate surface area is 154 Å². The molecule has 4 nitrogen and oxygen atoms in total. The molecule has 1 amide bonds. The molecule has 25 heavy (non-hydrogen) atoms. The van der Waals surface area contributed by atoms with Crippen LogP contribution in [0.2, 0.25) is 5.02 Å². The van der Waals surface area contributed by atoms with Gasteiger partial charge in [-0.05, 0) is 41.3 Å². The molecule has 0 aliphatic carbocycles. The van der Waals surface area contributed by atoms with Gasteiger partial charge >= 0.3 is 0 Å². The molecule has 128 valence electrons. The van der Waals surface area contributed by atoms with Crippen LogP contribution in [0.15, 0.2) is 63.7 Å². The predicted octanol–water partition coefficient (Wildman–Crippen LogP) is 4.52. The molecule has 2 aromatic heterocycles. The van der Waals surface area contributed by atoms with E-state index in [2.05, 4.69) is 5.32 Å². The maximum Gasteiger partial charge on any atom is 0.244 e. The van der Waals surface area contributed by atoms with Crippen LogP contribution in [0.3, 0.4) is 0 Å². The quantitative estimate of drug-likeness (QED) is 0.624. The van der Waals surface area contributed by atoms with E-state index in [0.717, 1.165) is 11.1 Å². The van der Waals surface area contributed by atoms with E-state index in [1.165, 1.54) is 6.08 Å². The average Bonchev–Trinajstić information content (AvgIpc) is 3.30. The Morgan fingerprint density at radius 2 is 2.12 bits per heavy atom. The summed E-state index contributed by atoms with van der Waals surface area (Å²) >= 11 is 7.60. The van der Waals surface area contributed by atoms with Gasteiger partial charge in [-0.15, -0.1) is 0 Å². The molecular formula is C19H16ClNO3S. The second kappa shape index (κ2) is 8.16. The van der Waals surface area contributed by atoms with Crippen molar-refractivity contribution in [2.45, 2.75) is 6.10 Å². The zero-order valence-corrected chi connectivity index (χ0v) is 14.8. The van der Waals surface area contributed by atoms with Crippen molar-refractivity contribution in [1.82, 2.24) is 5.32 Å². The third kappa shape index (κ3) is 4.60. The molecule has 2 N–H and O–H groups in total. The van der Waals surface area contributed by atoms with Crippen LogP contribution in [0.5, 0.6) is 0 Å². The van der Waals surface area contributed by atoms with Crippen molar-refractivity contribution in [1.29, 1.82) is 0 Å². The summed E-state index contributed by atoms with van der Waals surface area (Å²) in [6.45, 7) is 0.0578. The van der Waals surface area contributed by atoms with Crippen molar-refractivity contribution in [3.63, 3.8) is 0 Å². The highest BCUT2D eigenvalue weighted by Crippen LogP contribution is 2.26. The van der Waals surface area contributed by atoms with E-state index in [4.69, 9.17) is 16.0 Å². The molecule has 2 heterocycles. The average molecular weight is 374 g/mol. The fourth-order valence-corrected chi connectivity index (χ4v) is 3.07. The minimum atomic E-state index is -0.912. The van der Waals surface area contributed by atoms with Crippen LogP contribution in [0, 0.1) is 0 Å². The molecule has 1 aromatic carbocycles. The highest BCUT2D eigenvalue weighted by atomic mass is 35.5. The molecule has 3 rings (SSSR count). The Hall–Kier alpha value is -2.34. The molecule has 3 aromatic rings. The summed E-state index contributed by atoms with van der Waals surface area (Å²) in [5, 5.41) is 17.3. The first kappa shape index (κ1) is 17.5. The zero-order chi connectivity index (χ0) is 17.6. The van der Waals surface area contributed by atoms with Crippen molar-refractivity contribution in [3.8, 4) is 11.3 Å². The summed E-state index contributed by atoms with van der Waals surface area (Å²) in [4.78, 5) is 11.9. The molecule has 0 aliphatic rings. The lowest BCUT2D eigenvalue weighted by Gasteiger charge is -2.08. The highest BCUT2D eigenvalue weighted by molar-refractivity contribution is 7.08. The first-order valence-corrected chi connectivity index (χ1v) is 8.96. The summed E-state index contributed by atoms with van der Waals surface area (Å²) in [5.41, 5.74) is 1.72. The summed E-state index contributed by atoms with van der Waals surface area (Å²) in [5.74, 6) is 0.792. The zero-order valence-electron chi connectivity index (χ0n) is 13.2. The molecule has 6 heteroatoms. The van der Waals surface area contributed by atoms with Crippen molar-refractivity contribution in [3.05, 3.63) is 75.6 Å². The topological polar surface area (TPSA) is 62.5 Å². The number of benzene rings is 1. The molecule has 0 saturated carbocycles. The first-order chi connectivity index (χ1) is 12.1. The number of furan rings is 1. The lowest BCUT2D eigenvalue weighted by atomic mass is 10.2. The number of thiophene rings is 1. The molecule has 1 unspecified atom stereocenters. The number of nitrogens with one attached hydrogen (secondary N) is 1. The molecule has 0 saturated heterocycles. The van der Waals surface area contributed by atoms with Gasteiger partial charge < -0.3 is 14.8 Å². The summed E-state index contributed by atoms with van der Waals surface area (Å²) in [6.07, 6.45) is 2.10. The monoisotopic (exact) mass is 373 g/mol. The third-order valence-corrected chi connectivity index (χ3v) is 4.58. The van der Waals surface area contributed by atoms with E-state index in [-0.39, 0.29) is 12.5 Å². The lowest BCUT2D eigenvalue weighted by Crippen LogP contribution is -2.26. The SMILES string of the molecule is O=C(/C=C/c1ccccc1Cl)NCC(O)c1ccc(-c2ccsc2)o1. The number of rotatable bonds is 6. The van der Waals surface area contributed by atoms with Crippen LogP contribution in [-0.2, 0) is 4.79 Å². The number of halogens is 1. The maximum absolute atomic E-state index is 11.9. The Kier molecular flexibility index (Phi) is 5.71. The number of aliphatic hydroxyl groups is 1. The van der Waals surface area contributed by atoms with Gasteiger partial charge in [-0.3, -0.25) is 4.79 Å². The number of aliphatic hydroxyl groups excluding tert-OH is 1. The minimum Gasteiger partial charge on any atom is -0.458 e. The van der Waals surface area contributed by atoms with E-state index in [1.54, 1.807) is 35.6 Å². The number of hydrogen-bond donors (Lipinski definition) is 2. The van der Waals surface area contributed by atoms with Gasteiger partial charge in [0.15, 0.2) is 0 Å². The molecular weight excluding hydrogens is 358 g/mol. The van der Waals surface area contributed by atoms with Crippen molar-refractivity contribution in [2.75, 3.05) is 6.54 Å². The van der Waals surface area contributed by atoms with Crippen LogP contribution in [0.25, 0.3) is 17.4 Å². The van der Waals surface area contributed by atoms with E-state index in [1.807, 2.05) is 35.0 Å². The summed E-state index contributed by atoms with van der Waals surface area (Å²) in [7, 11) is 0. The van der Waals surface area contributed by atoms with Gasteiger partial charge in [-0.2, -0.15) is 11.3 Å². The Morgan fingerprint density at radius 1 is 1.28 bits per heavy atom. The fourth-order valence-electron chi connectivity index (χ4n) is 2.22. The molecule has 0 radical (unpaired) electrons. The van der Waals surface area contributed by atoms with E-state index < -0.39 is 6.10 Å². The van der Waals surface area contributed by atoms with E-state index in [9.17, 15) is 9.90 Å². The smallest absolute Gasteiger partial charge is 0.244 e. The molecule has 0 bridgehead atoms. The predicted molar refractivity (Wildman–Crippen MR) is 100 cm³/mol. The van der Waals surface area contributed by atoms with Crippen LogP contribution >= 0.6 is 22.9 Å². The fraction of sp³-hybridized carbons (Fsp3) is 0.105. The van der Waals surface area contributed by atoms with Crippen LogP contribution in [0.4, 0.5) is 0 Å². The van der Waals surface area contributed by atoms with Crippen LogP contribution in [-0.4, -0.2) is 17.6 Å². The number of carbonyl (C=O) groups is 1.